The van der Waals surface area contributed by atoms with Crippen LogP contribution >= 0.6 is 0 Å². The Hall–Kier alpha value is -2.44. The van der Waals surface area contributed by atoms with E-state index in [2.05, 4.69) is 86.1 Å². The Morgan fingerprint density at radius 1 is 0.536 bits per heavy atom. The van der Waals surface area contributed by atoms with Gasteiger partial charge in [0.05, 0.1) is 0 Å². The number of hydrogen-bond acceptors (Lipinski definition) is 0. The SMILES string of the molecule is CCCCCC#Cc1ccc(CCc2ccc(C#CCCCCC)cc2)cc1. The summed E-state index contributed by atoms with van der Waals surface area (Å²) in [5.41, 5.74) is 5.00. The molecule has 0 heterocycles. The summed E-state index contributed by atoms with van der Waals surface area (Å²) in [5, 5.41) is 0. The van der Waals surface area contributed by atoms with Crippen molar-refractivity contribution in [3.8, 4) is 23.7 Å². The minimum atomic E-state index is 1.01. The van der Waals surface area contributed by atoms with Crippen LogP contribution < -0.4 is 0 Å². The summed E-state index contributed by atoms with van der Waals surface area (Å²) in [5.74, 6) is 13.1. The van der Waals surface area contributed by atoms with Gasteiger partial charge in [0.15, 0.2) is 0 Å². The maximum atomic E-state index is 3.28. The van der Waals surface area contributed by atoms with Gasteiger partial charge in [0.2, 0.25) is 0 Å². The molecule has 0 amide bonds. The van der Waals surface area contributed by atoms with Crippen LogP contribution in [0.1, 0.15) is 87.5 Å². The van der Waals surface area contributed by atoms with Crippen molar-refractivity contribution < 1.29 is 0 Å². The Morgan fingerprint density at radius 3 is 1.29 bits per heavy atom. The van der Waals surface area contributed by atoms with Gasteiger partial charge in [0, 0.05) is 24.0 Å². The second-order valence-electron chi connectivity index (χ2n) is 7.41. The largest absolute Gasteiger partial charge is 0.0979 e. The number of aryl methyl sites for hydroxylation is 2. The van der Waals surface area contributed by atoms with Crippen LogP contribution in [-0.4, -0.2) is 0 Å². The number of benzene rings is 2. The van der Waals surface area contributed by atoms with E-state index in [4.69, 9.17) is 0 Å². The average Bonchev–Trinajstić information content (AvgIpc) is 2.74. The van der Waals surface area contributed by atoms with Gasteiger partial charge in [-0.25, -0.2) is 0 Å². The highest BCUT2D eigenvalue weighted by molar-refractivity contribution is 5.38. The van der Waals surface area contributed by atoms with Crippen molar-refractivity contribution in [2.75, 3.05) is 0 Å². The van der Waals surface area contributed by atoms with Gasteiger partial charge in [-0.05, 0) is 61.1 Å². The third kappa shape index (κ3) is 8.97. The smallest absolute Gasteiger partial charge is 0.0245 e. The van der Waals surface area contributed by atoms with E-state index < -0.39 is 0 Å². The predicted octanol–water partition coefficient (Wildman–Crippen LogP) is 7.34. The summed E-state index contributed by atoms with van der Waals surface area (Å²) < 4.78 is 0. The molecule has 0 radical (unpaired) electrons. The molecule has 0 aliphatic heterocycles. The molecule has 0 N–H and O–H groups in total. The molecule has 0 aromatic heterocycles. The first-order valence-electron chi connectivity index (χ1n) is 11.0. The minimum absolute atomic E-state index is 1.01. The van der Waals surface area contributed by atoms with Crippen LogP contribution in [0.5, 0.6) is 0 Å². The monoisotopic (exact) mass is 370 g/mol. The summed E-state index contributed by atoms with van der Waals surface area (Å²) in [6.07, 6.45) is 11.6. The van der Waals surface area contributed by atoms with Gasteiger partial charge in [-0.1, -0.05) is 87.5 Å². The van der Waals surface area contributed by atoms with Gasteiger partial charge < -0.3 is 0 Å². The molecule has 2 aromatic rings. The Morgan fingerprint density at radius 2 is 0.929 bits per heavy atom. The van der Waals surface area contributed by atoms with Crippen molar-refractivity contribution in [2.24, 2.45) is 0 Å². The zero-order valence-electron chi connectivity index (χ0n) is 17.7. The van der Waals surface area contributed by atoms with Crippen molar-refractivity contribution in [1.82, 2.24) is 0 Å². The molecule has 0 atom stereocenters. The highest BCUT2D eigenvalue weighted by atomic mass is 14.0. The molecule has 28 heavy (non-hydrogen) atoms. The van der Waals surface area contributed by atoms with E-state index in [-0.39, 0.29) is 0 Å². The van der Waals surface area contributed by atoms with Crippen LogP contribution in [0.3, 0.4) is 0 Å². The molecule has 0 heteroatoms. The van der Waals surface area contributed by atoms with Crippen LogP contribution in [0.2, 0.25) is 0 Å². The maximum Gasteiger partial charge on any atom is 0.0245 e. The molecule has 0 fully saturated rings. The fourth-order valence-electron chi connectivity index (χ4n) is 3.05. The molecule has 0 spiro atoms. The van der Waals surface area contributed by atoms with Crippen LogP contribution in [0.25, 0.3) is 0 Å². The van der Waals surface area contributed by atoms with Crippen LogP contribution in [0, 0.1) is 23.7 Å². The van der Waals surface area contributed by atoms with Gasteiger partial charge in [0.1, 0.15) is 0 Å². The Kier molecular flexibility index (Phi) is 10.7. The molecule has 0 bridgehead atoms. The maximum absolute atomic E-state index is 3.28. The lowest BCUT2D eigenvalue weighted by Gasteiger charge is -2.03. The van der Waals surface area contributed by atoms with Crippen molar-refractivity contribution in [2.45, 2.75) is 78.1 Å². The molecule has 2 aromatic carbocycles. The standard InChI is InChI=1S/C28H34/c1-3-5-7-9-11-13-25-15-19-27(20-16-25)23-24-28-21-17-26(18-22-28)14-12-10-8-6-4-2/h15-22H,3-10,23-24H2,1-2H3. The van der Waals surface area contributed by atoms with Crippen LogP contribution in [0.15, 0.2) is 48.5 Å². The second kappa shape index (κ2) is 13.7. The molecule has 2 rings (SSSR count). The first-order chi connectivity index (χ1) is 13.8. The van der Waals surface area contributed by atoms with Gasteiger partial charge in [-0.15, -0.1) is 0 Å². The molecular formula is C28H34. The normalized spacial score (nSPS) is 9.93. The zero-order chi connectivity index (χ0) is 19.9. The molecule has 0 saturated carbocycles. The molecule has 0 nitrogen and oxygen atoms in total. The third-order valence-corrected chi connectivity index (χ3v) is 4.89. The number of hydrogen-bond donors (Lipinski definition) is 0. The summed E-state index contributed by atoms with van der Waals surface area (Å²) in [7, 11) is 0. The Balaban J connectivity index is 1.77. The highest BCUT2D eigenvalue weighted by Crippen LogP contribution is 2.10. The molecule has 0 unspecified atom stereocenters. The highest BCUT2D eigenvalue weighted by Gasteiger charge is 1.97. The van der Waals surface area contributed by atoms with Crippen molar-refractivity contribution in [1.29, 1.82) is 0 Å². The fourth-order valence-corrected chi connectivity index (χ4v) is 3.05. The van der Waals surface area contributed by atoms with E-state index in [1.54, 1.807) is 0 Å². The molecule has 0 aliphatic carbocycles. The lowest BCUT2D eigenvalue weighted by molar-refractivity contribution is 0.737. The first kappa shape index (κ1) is 21.9. The van der Waals surface area contributed by atoms with Gasteiger partial charge >= 0.3 is 0 Å². The van der Waals surface area contributed by atoms with Crippen molar-refractivity contribution in [3.05, 3.63) is 70.8 Å². The summed E-state index contributed by atoms with van der Waals surface area (Å²) >= 11 is 0. The van der Waals surface area contributed by atoms with Crippen molar-refractivity contribution in [3.63, 3.8) is 0 Å². The molecule has 146 valence electrons. The van der Waals surface area contributed by atoms with E-state index in [9.17, 15) is 0 Å². The van der Waals surface area contributed by atoms with E-state index in [1.165, 1.54) is 49.7 Å². The predicted molar refractivity (Wildman–Crippen MR) is 122 cm³/mol. The quantitative estimate of drug-likeness (QED) is 0.320. The lowest BCUT2D eigenvalue weighted by atomic mass is 10.0. The minimum Gasteiger partial charge on any atom is -0.0979 e. The molecular weight excluding hydrogens is 336 g/mol. The fraction of sp³-hybridized carbons (Fsp3) is 0.429. The molecule has 0 saturated heterocycles. The number of rotatable bonds is 9. The summed E-state index contributed by atoms with van der Waals surface area (Å²) in [6, 6.07) is 17.5. The third-order valence-electron chi connectivity index (χ3n) is 4.89. The average molecular weight is 371 g/mol. The van der Waals surface area contributed by atoms with E-state index >= 15 is 0 Å². The van der Waals surface area contributed by atoms with E-state index in [0.29, 0.717) is 0 Å². The van der Waals surface area contributed by atoms with Gasteiger partial charge in [-0.3, -0.25) is 0 Å². The molecule has 0 aliphatic rings. The lowest BCUT2D eigenvalue weighted by Crippen LogP contribution is -1.91. The van der Waals surface area contributed by atoms with Gasteiger partial charge in [0.25, 0.3) is 0 Å². The summed E-state index contributed by atoms with van der Waals surface area (Å²) in [6.45, 7) is 4.45. The second-order valence-corrected chi connectivity index (χ2v) is 7.41. The van der Waals surface area contributed by atoms with E-state index in [1.807, 2.05) is 0 Å². The Labute approximate surface area is 172 Å². The van der Waals surface area contributed by atoms with E-state index in [0.717, 1.165) is 36.8 Å². The van der Waals surface area contributed by atoms with Crippen molar-refractivity contribution >= 4 is 0 Å². The first-order valence-corrected chi connectivity index (χ1v) is 11.0. The number of unbranched alkanes of at least 4 members (excludes halogenated alkanes) is 6. The van der Waals surface area contributed by atoms with Gasteiger partial charge in [-0.2, -0.15) is 0 Å². The van der Waals surface area contributed by atoms with Crippen LogP contribution in [0.4, 0.5) is 0 Å². The Bertz CT molecular complexity index is 714. The van der Waals surface area contributed by atoms with Crippen LogP contribution in [-0.2, 0) is 12.8 Å². The summed E-state index contributed by atoms with van der Waals surface area (Å²) in [4.78, 5) is 0. The topological polar surface area (TPSA) is 0 Å². The zero-order valence-corrected chi connectivity index (χ0v) is 17.7.